The summed E-state index contributed by atoms with van der Waals surface area (Å²) in [6, 6.07) is 0.559. The van der Waals surface area contributed by atoms with Crippen LogP contribution in [0.15, 0.2) is 10.9 Å². The van der Waals surface area contributed by atoms with Crippen LogP contribution in [0.4, 0.5) is 0 Å². The Balaban J connectivity index is 2.25. The molecule has 1 N–H and O–H groups in total. The van der Waals surface area contributed by atoms with E-state index in [0.717, 1.165) is 18.7 Å². The Kier molecular flexibility index (Phi) is 3.73. The molecule has 12 heavy (non-hydrogen) atoms. The van der Waals surface area contributed by atoms with Gasteiger partial charge in [-0.2, -0.15) is 4.98 Å². The van der Waals surface area contributed by atoms with Gasteiger partial charge in [0, 0.05) is 6.04 Å². The van der Waals surface area contributed by atoms with Crippen LogP contribution in [-0.4, -0.2) is 16.2 Å². The largest absolute Gasteiger partial charge is 0.343 e. The van der Waals surface area contributed by atoms with Gasteiger partial charge in [-0.1, -0.05) is 19.0 Å². The second-order valence-electron chi connectivity index (χ2n) is 2.74. The molecule has 1 rings (SSSR count). The van der Waals surface area contributed by atoms with E-state index in [1.807, 2.05) is 0 Å². The minimum Gasteiger partial charge on any atom is -0.343 e. The molecule has 0 fully saturated rings. The molecule has 1 aromatic heterocycles. The Morgan fingerprint density at radius 1 is 1.50 bits per heavy atom. The average Bonchev–Trinajstić information content (AvgIpc) is 2.59. The van der Waals surface area contributed by atoms with E-state index < -0.39 is 0 Å². The predicted molar refractivity (Wildman–Crippen MR) is 45.5 cm³/mol. The quantitative estimate of drug-likeness (QED) is 0.722. The van der Waals surface area contributed by atoms with Gasteiger partial charge in [0.15, 0.2) is 5.82 Å². The molecule has 0 spiro atoms. The van der Waals surface area contributed by atoms with Gasteiger partial charge in [-0.05, 0) is 12.8 Å². The summed E-state index contributed by atoms with van der Waals surface area (Å²) in [6.07, 6.45) is 3.62. The van der Waals surface area contributed by atoms with Gasteiger partial charge in [0.25, 0.3) is 0 Å². The zero-order valence-corrected chi connectivity index (χ0v) is 7.58. The first kappa shape index (κ1) is 9.19. The normalized spacial score (nSPS) is 10.9. The molecule has 0 saturated heterocycles. The predicted octanol–water partition coefficient (Wildman–Crippen LogP) is 1.35. The van der Waals surface area contributed by atoms with Crippen molar-refractivity contribution in [3.05, 3.63) is 12.2 Å². The van der Waals surface area contributed by atoms with Crippen molar-refractivity contribution in [3.63, 3.8) is 0 Å². The SMILES string of the molecule is CCC(CC)NCc1ncon1. The second kappa shape index (κ2) is 4.87. The lowest BCUT2D eigenvalue weighted by atomic mass is 10.2. The number of nitrogens with zero attached hydrogens (tertiary/aromatic N) is 2. The van der Waals surface area contributed by atoms with E-state index in [1.165, 1.54) is 6.39 Å². The van der Waals surface area contributed by atoms with Crippen molar-refractivity contribution in [1.29, 1.82) is 0 Å². The van der Waals surface area contributed by atoms with E-state index in [9.17, 15) is 0 Å². The summed E-state index contributed by atoms with van der Waals surface area (Å²) in [5, 5.41) is 7.04. The van der Waals surface area contributed by atoms with Crippen LogP contribution in [0.5, 0.6) is 0 Å². The van der Waals surface area contributed by atoms with Crippen LogP contribution in [0, 0.1) is 0 Å². The third-order valence-corrected chi connectivity index (χ3v) is 1.94. The standard InChI is InChI=1S/C8H15N3O/c1-3-7(4-2)9-5-8-10-6-12-11-8/h6-7,9H,3-5H2,1-2H3. The van der Waals surface area contributed by atoms with Crippen molar-refractivity contribution in [2.75, 3.05) is 0 Å². The van der Waals surface area contributed by atoms with Crippen LogP contribution in [0.3, 0.4) is 0 Å². The highest BCUT2D eigenvalue weighted by Crippen LogP contribution is 1.97. The van der Waals surface area contributed by atoms with Gasteiger partial charge in [0.2, 0.25) is 6.39 Å². The second-order valence-corrected chi connectivity index (χ2v) is 2.74. The third kappa shape index (κ3) is 2.62. The van der Waals surface area contributed by atoms with Gasteiger partial charge in [0.05, 0.1) is 6.54 Å². The highest BCUT2D eigenvalue weighted by Gasteiger charge is 2.03. The molecule has 0 aromatic carbocycles. The van der Waals surface area contributed by atoms with E-state index in [0.29, 0.717) is 12.6 Å². The van der Waals surface area contributed by atoms with Gasteiger partial charge in [0.1, 0.15) is 0 Å². The minimum atomic E-state index is 0.559. The van der Waals surface area contributed by atoms with E-state index in [2.05, 4.69) is 33.8 Å². The first-order valence-electron chi connectivity index (χ1n) is 4.35. The molecule has 0 aliphatic heterocycles. The fourth-order valence-corrected chi connectivity index (χ4v) is 1.08. The van der Waals surface area contributed by atoms with Gasteiger partial charge in [-0.25, -0.2) is 0 Å². The first-order valence-corrected chi connectivity index (χ1v) is 4.35. The van der Waals surface area contributed by atoms with Gasteiger partial charge in [-0.3, -0.25) is 0 Å². The molecule has 0 radical (unpaired) electrons. The maximum atomic E-state index is 4.61. The van der Waals surface area contributed by atoms with Crippen LogP contribution in [0.1, 0.15) is 32.5 Å². The van der Waals surface area contributed by atoms with Gasteiger partial charge < -0.3 is 9.84 Å². The summed E-state index contributed by atoms with van der Waals surface area (Å²) >= 11 is 0. The van der Waals surface area contributed by atoms with Crippen molar-refractivity contribution in [2.24, 2.45) is 0 Å². The van der Waals surface area contributed by atoms with Crippen molar-refractivity contribution >= 4 is 0 Å². The Bertz CT molecular complexity index is 194. The van der Waals surface area contributed by atoms with Crippen LogP contribution in [0.25, 0.3) is 0 Å². The molecule has 0 aliphatic carbocycles. The lowest BCUT2D eigenvalue weighted by molar-refractivity contribution is 0.401. The highest BCUT2D eigenvalue weighted by molar-refractivity contribution is 4.77. The summed E-state index contributed by atoms with van der Waals surface area (Å²) in [5.74, 6) is 0.724. The molecule has 68 valence electrons. The van der Waals surface area contributed by atoms with Crippen LogP contribution < -0.4 is 5.32 Å². The topological polar surface area (TPSA) is 51.0 Å². The van der Waals surface area contributed by atoms with Crippen molar-refractivity contribution in [2.45, 2.75) is 39.3 Å². The first-order chi connectivity index (χ1) is 5.86. The Morgan fingerprint density at radius 2 is 2.25 bits per heavy atom. The summed E-state index contributed by atoms with van der Waals surface area (Å²) in [7, 11) is 0. The maximum absolute atomic E-state index is 4.61. The lowest BCUT2D eigenvalue weighted by Gasteiger charge is -2.12. The van der Waals surface area contributed by atoms with Crippen molar-refractivity contribution in [3.8, 4) is 0 Å². The van der Waals surface area contributed by atoms with Gasteiger partial charge >= 0.3 is 0 Å². The molecule has 1 aromatic rings. The van der Waals surface area contributed by atoms with Gasteiger partial charge in [-0.15, -0.1) is 0 Å². The average molecular weight is 169 g/mol. The monoisotopic (exact) mass is 169 g/mol. The van der Waals surface area contributed by atoms with Crippen LogP contribution >= 0.6 is 0 Å². The molecular weight excluding hydrogens is 154 g/mol. The molecule has 0 aliphatic rings. The minimum absolute atomic E-state index is 0.559. The summed E-state index contributed by atoms with van der Waals surface area (Å²) in [6.45, 7) is 5.03. The van der Waals surface area contributed by atoms with E-state index in [4.69, 9.17) is 0 Å². The molecule has 0 amide bonds. The van der Waals surface area contributed by atoms with Crippen molar-refractivity contribution < 1.29 is 4.52 Å². The lowest BCUT2D eigenvalue weighted by Crippen LogP contribution is -2.27. The summed E-state index contributed by atoms with van der Waals surface area (Å²) in [4.78, 5) is 3.92. The third-order valence-electron chi connectivity index (χ3n) is 1.94. The Labute approximate surface area is 72.4 Å². The molecule has 1 heterocycles. The summed E-state index contributed by atoms with van der Waals surface area (Å²) < 4.78 is 4.61. The van der Waals surface area contributed by atoms with E-state index in [-0.39, 0.29) is 0 Å². The van der Waals surface area contributed by atoms with Crippen LogP contribution in [0.2, 0.25) is 0 Å². The molecule has 4 heteroatoms. The Morgan fingerprint density at radius 3 is 2.75 bits per heavy atom. The van der Waals surface area contributed by atoms with Crippen LogP contribution in [-0.2, 0) is 6.54 Å². The number of hydrogen-bond donors (Lipinski definition) is 1. The summed E-state index contributed by atoms with van der Waals surface area (Å²) in [5.41, 5.74) is 0. The molecule has 0 bridgehead atoms. The van der Waals surface area contributed by atoms with E-state index >= 15 is 0 Å². The zero-order chi connectivity index (χ0) is 8.81. The number of hydrogen-bond acceptors (Lipinski definition) is 4. The number of rotatable bonds is 5. The smallest absolute Gasteiger partial charge is 0.213 e. The Hall–Kier alpha value is -0.900. The maximum Gasteiger partial charge on any atom is 0.213 e. The number of nitrogens with one attached hydrogen (secondary N) is 1. The van der Waals surface area contributed by atoms with E-state index in [1.54, 1.807) is 0 Å². The molecule has 0 saturated carbocycles. The fourth-order valence-electron chi connectivity index (χ4n) is 1.08. The number of aromatic nitrogens is 2. The molecule has 0 unspecified atom stereocenters. The molecule has 0 atom stereocenters. The molecule has 4 nitrogen and oxygen atoms in total. The molecular formula is C8H15N3O. The highest BCUT2D eigenvalue weighted by atomic mass is 16.5. The fraction of sp³-hybridized carbons (Fsp3) is 0.750. The zero-order valence-electron chi connectivity index (χ0n) is 7.58. The van der Waals surface area contributed by atoms with Crippen molar-refractivity contribution in [1.82, 2.24) is 15.5 Å².